The van der Waals surface area contributed by atoms with Crippen molar-refractivity contribution in [3.8, 4) is 6.07 Å². The zero-order valence-corrected chi connectivity index (χ0v) is 10.9. The third-order valence-corrected chi connectivity index (χ3v) is 2.77. The topological polar surface area (TPSA) is 35.8 Å². The van der Waals surface area contributed by atoms with Crippen molar-refractivity contribution in [2.24, 2.45) is 5.92 Å². The predicted molar refractivity (Wildman–Crippen MR) is 71.6 cm³/mol. The van der Waals surface area contributed by atoms with E-state index in [1.54, 1.807) is 0 Å². The van der Waals surface area contributed by atoms with Crippen LogP contribution in [0.2, 0.25) is 0 Å². The van der Waals surface area contributed by atoms with Gasteiger partial charge >= 0.3 is 0 Å². The Balaban J connectivity index is 2.16. The van der Waals surface area contributed by atoms with Gasteiger partial charge in [-0.3, -0.25) is 0 Å². The molecule has 0 atom stereocenters. The van der Waals surface area contributed by atoms with Crippen molar-refractivity contribution in [3.05, 3.63) is 35.4 Å². The van der Waals surface area contributed by atoms with Crippen LogP contribution in [0.25, 0.3) is 0 Å². The van der Waals surface area contributed by atoms with Crippen LogP contribution in [0, 0.1) is 17.2 Å². The lowest BCUT2D eigenvalue weighted by atomic mass is 10.1. The fourth-order valence-electron chi connectivity index (χ4n) is 1.79. The highest BCUT2D eigenvalue weighted by atomic mass is 14.8. The Morgan fingerprint density at radius 3 is 2.82 bits per heavy atom. The number of benzene rings is 1. The minimum absolute atomic E-state index is 0.740. The van der Waals surface area contributed by atoms with Gasteiger partial charge in [0.05, 0.1) is 11.6 Å². The third kappa shape index (κ3) is 6.09. The Morgan fingerprint density at radius 2 is 2.12 bits per heavy atom. The summed E-state index contributed by atoms with van der Waals surface area (Å²) < 4.78 is 0. The number of nitrogens with one attached hydrogen (secondary N) is 1. The molecule has 0 fully saturated rings. The van der Waals surface area contributed by atoms with Gasteiger partial charge in [-0.15, -0.1) is 0 Å². The van der Waals surface area contributed by atoms with E-state index >= 15 is 0 Å². The van der Waals surface area contributed by atoms with Crippen molar-refractivity contribution < 1.29 is 0 Å². The maximum atomic E-state index is 8.79. The molecule has 0 amide bonds. The monoisotopic (exact) mass is 230 g/mol. The van der Waals surface area contributed by atoms with Crippen molar-refractivity contribution in [2.75, 3.05) is 6.54 Å². The van der Waals surface area contributed by atoms with E-state index in [0.717, 1.165) is 24.6 Å². The molecule has 17 heavy (non-hydrogen) atoms. The average Bonchev–Trinajstić information content (AvgIpc) is 2.33. The van der Waals surface area contributed by atoms with Gasteiger partial charge in [0.2, 0.25) is 0 Å². The molecule has 0 unspecified atom stereocenters. The highest BCUT2D eigenvalue weighted by Crippen LogP contribution is 2.06. The fourth-order valence-corrected chi connectivity index (χ4v) is 1.79. The molecule has 0 saturated heterocycles. The lowest BCUT2D eigenvalue weighted by Gasteiger charge is -2.06. The Hall–Kier alpha value is -1.33. The zero-order chi connectivity index (χ0) is 12.5. The second-order valence-corrected chi connectivity index (χ2v) is 4.88. The second-order valence-electron chi connectivity index (χ2n) is 4.88. The first-order valence-corrected chi connectivity index (χ1v) is 6.42. The summed E-state index contributed by atoms with van der Waals surface area (Å²) in [5.74, 6) is 0.808. The van der Waals surface area contributed by atoms with Crippen LogP contribution in [0.3, 0.4) is 0 Å². The molecule has 1 aromatic carbocycles. The molecule has 0 saturated carbocycles. The summed E-state index contributed by atoms with van der Waals surface area (Å²) in [5.41, 5.74) is 1.93. The predicted octanol–water partition coefficient (Wildman–Crippen LogP) is 3.47. The SMILES string of the molecule is CC(C)CCCCNCc1cccc(C#N)c1. The van der Waals surface area contributed by atoms with E-state index in [4.69, 9.17) is 5.26 Å². The molecular formula is C15H22N2. The van der Waals surface area contributed by atoms with E-state index in [1.165, 1.54) is 24.8 Å². The van der Waals surface area contributed by atoms with Gasteiger partial charge < -0.3 is 5.32 Å². The quantitative estimate of drug-likeness (QED) is 0.728. The highest BCUT2D eigenvalue weighted by Gasteiger charge is 1.96. The van der Waals surface area contributed by atoms with Crippen LogP contribution in [-0.2, 0) is 6.54 Å². The summed E-state index contributed by atoms with van der Waals surface area (Å²) in [6, 6.07) is 9.94. The molecule has 0 aliphatic carbocycles. The molecule has 2 heteroatoms. The van der Waals surface area contributed by atoms with Gasteiger partial charge in [-0.25, -0.2) is 0 Å². The number of unbranched alkanes of at least 4 members (excludes halogenated alkanes) is 1. The Kier molecular flexibility index (Phi) is 6.35. The van der Waals surface area contributed by atoms with Crippen LogP contribution in [0.1, 0.15) is 44.2 Å². The standard InChI is InChI=1S/C15H22N2/c1-13(2)6-3-4-9-17-12-15-8-5-7-14(10-15)11-16/h5,7-8,10,13,17H,3-4,6,9,12H2,1-2H3. The smallest absolute Gasteiger partial charge is 0.0991 e. The number of rotatable bonds is 7. The van der Waals surface area contributed by atoms with Crippen molar-refractivity contribution >= 4 is 0 Å². The van der Waals surface area contributed by atoms with Crippen molar-refractivity contribution in [2.45, 2.75) is 39.7 Å². The first-order chi connectivity index (χ1) is 8.22. The van der Waals surface area contributed by atoms with Gasteiger partial charge in [0.25, 0.3) is 0 Å². The molecule has 1 rings (SSSR count). The molecule has 92 valence electrons. The van der Waals surface area contributed by atoms with Gasteiger partial charge in [0.1, 0.15) is 0 Å². The molecule has 0 aliphatic rings. The van der Waals surface area contributed by atoms with E-state index < -0.39 is 0 Å². The lowest BCUT2D eigenvalue weighted by Crippen LogP contribution is -2.14. The molecule has 2 nitrogen and oxygen atoms in total. The minimum atomic E-state index is 0.740. The molecular weight excluding hydrogens is 208 g/mol. The summed E-state index contributed by atoms with van der Waals surface area (Å²) in [4.78, 5) is 0. The first kappa shape index (κ1) is 13.7. The van der Waals surface area contributed by atoms with E-state index in [-0.39, 0.29) is 0 Å². The van der Waals surface area contributed by atoms with Gasteiger partial charge in [-0.1, -0.05) is 38.8 Å². The third-order valence-electron chi connectivity index (χ3n) is 2.77. The van der Waals surface area contributed by atoms with Crippen molar-refractivity contribution in [1.29, 1.82) is 5.26 Å². The van der Waals surface area contributed by atoms with E-state index in [0.29, 0.717) is 0 Å². The van der Waals surface area contributed by atoms with Crippen LogP contribution in [-0.4, -0.2) is 6.54 Å². The van der Waals surface area contributed by atoms with Crippen molar-refractivity contribution in [1.82, 2.24) is 5.32 Å². The molecule has 0 radical (unpaired) electrons. The molecule has 0 bridgehead atoms. The summed E-state index contributed by atoms with van der Waals surface area (Å²) in [6.07, 6.45) is 3.84. The number of hydrogen-bond donors (Lipinski definition) is 1. The summed E-state index contributed by atoms with van der Waals surface area (Å²) in [5, 5.41) is 12.2. The largest absolute Gasteiger partial charge is 0.313 e. The van der Waals surface area contributed by atoms with E-state index in [9.17, 15) is 0 Å². The molecule has 1 aromatic rings. The van der Waals surface area contributed by atoms with Crippen LogP contribution < -0.4 is 5.32 Å². The van der Waals surface area contributed by atoms with Crippen LogP contribution in [0.15, 0.2) is 24.3 Å². The van der Waals surface area contributed by atoms with Crippen LogP contribution in [0.5, 0.6) is 0 Å². The normalized spacial score (nSPS) is 10.5. The maximum absolute atomic E-state index is 8.79. The summed E-state index contributed by atoms with van der Waals surface area (Å²) in [7, 11) is 0. The average molecular weight is 230 g/mol. The molecule has 1 N–H and O–H groups in total. The highest BCUT2D eigenvalue weighted by molar-refractivity contribution is 5.32. The Bertz CT molecular complexity index is 363. The first-order valence-electron chi connectivity index (χ1n) is 6.42. The van der Waals surface area contributed by atoms with Gasteiger partial charge in [-0.05, 0) is 36.6 Å². The fraction of sp³-hybridized carbons (Fsp3) is 0.533. The molecule has 0 aliphatic heterocycles. The van der Waals surface area contributed by atoms with E-state index in [2.05, 4.69) is 31.3 Å². The van der Waals surface area contributed by atoms with Crippen LogP contribution in [0.4, 0.5) is 0 Å². The maximum Gasteiger partial charge on any atom is 0.0991 e. The van der Waals surface area contributed by atoms with Gasteiger partial charge in [0.15, 0.2) is 0 Å². The lowest BCUT2D eigenvalue weighted by molar-refractivity contribution is 0.520. The van der Waals surface area contributed by atoms with E-state index in [1.807, 2.05) is 18.2 Å². The Morgan fingerprint density at radius 1 is 1.29 bits per heavy atom. The Labute approximate surface area is 105 Å². The summed E-state index contributed by atoms with van der Waals surface area (Å²) >= 11 is 0. The van der Waals surface area contributed by atoms with Crippen LogP contribution >= 0.6 is 0 Å². The number of hydrogen-bond acceptors (Lipinski definition) is 2. The zero-order valence-electron chi connectivity index (χ0n) is 10.9. The van der Waals surface area contributed by atoms with Gasteiger partial charge in [0, 0.05) is 6.54 Å². The van der Waals surface area contributed by atoms with Crippen molar-refractivity contribution in [3.63, 3.8) is 0 Å². The number of nitriles is 1. The second kappa shape index (κ2) is 7.86. The molecule has 0 heterocycles. The number of nitrogens with zero attached hydrogens (tertiary/aromatic N) is 1. The minimum Gasteiger partial charge on any atom is -0.313 e. The molecule has 0 aromatic heterocycles. The summed E-state index contributed by atoms with van der Waals surface area (Å²) in [6.45, 7) is 6.45. The van der Waals surface area contributed by atoms with Gasteiger partial charge in [-0.2, -0.15) is 5.26 Å². The molecule has 0 spiro atoms.